The molecular weight excluding hydrogens is 220 g/mol. The van der Waals surface area contributed by atoms with Crippen molar-refractivity contribution in [3.05, 3.63) is 30.3 Å². The molecule has 0 radical (unpaired) electrons. The Balaban J connectivity index is 2.50. The molecule has 0 heterocycles. The molecule has 0 aliphatic rings. The Bertz CT molecular complexity index is 312. The van der Waals surface area contributed by atoms with Crippen LogP contribution in [0, 0.1) is 0 Å². The van der Waals surface area contributed by atoms with E-state index < -0.39 is 14.6 Å². The maximum atomic E-state index is 11.5. The third-order valence-electron chi connectivity index (χ3n) is 1.10. The van der Waals surface area contributed by atoms with Gasteiger partial charge < -0.3 is 0 Å². The summed E-state index contributed by atoms with van der Waals surface area (Å²) in [6, 6.07) is 7.45. The summed E-state index contributed by atoms with van der Waals surface area (Å²) in [5.41, 5.74) is 0. The molecule has 7 heteroatoms. The second kappa shape index (κ2) is 4.39. The highest BCUT2D eigenvalue weighted by Gasteiger charge is 2.44. The number of para-hydroxylation sites is 1. The molecule has 14 heavy (non-hydrogen) atoms. The number of hydrogen-bond donors (Lipinski definition) is 0. The molecule has 1 aromatic rings. The molecule has 0 amide bonds. The highest BCUT2D eigenvalue weighted by atomic mass is 31.1. The summed E-state index contributed by atoms with van der Waals surface area (Å²) >= 11 is 0. The van der Waals surface area contributed by atoms with E-state index in [-0.39, 0.29) is 5.75 Å². The third-order valence-corrected chi connectivity index (χ3v) is 1.82. The van der Waals surface area contributed by atoms with E-state index in [1.807, 2.05) is 0 Å². The summed E-state index contributed by atoms with van der Waals surface area (Å²) in [4.78, 5) is 0. The first-order valence-electron chi connectivity index (χ1n) is 3.43. The smallest absolute Gasteiger partial charge is 0.229 e. The van der Waals surface area contributed by atoms with Crippen molar-refractivity contribution in [1.82, 2.24) is 0 Å². The van der Waals surface area contributed by atoms with Crippen molar-refractivity contribution in [1.29, 1.82) is 0 Å². The van der Waals surface area contributed by atoms with Crippen LogP contribution >= 0.6 is 8.25 Å². The van der Waals surface area contributed by atoms with E-state index in [9.17, 15) is 17.7 Å². The Kier molecular flexibility index (Phi) is 3.43. The number of halogens is 3. The zero-order chi connectivity index (χ0) is 10.6. The van der Waals surface area contributed by atoms with Gasteiger partial charge in [0.2, 0.25) is 0 Å². The summed E-state index contributed by atoms with van der Waals surface area (Å²) in [5, 5.41) is 0. The van der Waals surface area contributed by atoms with Gasteiger partial charge in [-0.25, -0.2) is 4.52 Å². The maximum Gasteiger partial charge on any atom is 0.758 e. The van der Waals surface area contributed by atoms with Crippen molar-refractivity contribution in [3.63, 3.8) is 0 Å². The molecular formula is C7H5F3O3P+. The summed E-state index contributed by atoms with van der Waals surface area (Å²) < 4.78 is 52.7. The molecule has 0 spiro atoms. The predicted molar refractivity (Wildman–Crippen MR) is 41.8 cm³/mol. The molecule has 0 aliphatic carbocycles. The molecule has 0 aromatic heterocycles. The number of rotatable bonds is 3. The fraction of sp³-hybridized carbons (Fsp3) is 0.143. The van der Waals surface area contributed by atoms with Gasteiger partial charge in [0, 0.05) is 9.09 Å². The lowest BCUT2D eigenvalue weighted by molar-refractivity contribution is -0.274. The van der Waals surface area contributed by atoms with Crippen molar-refractivity contribution in [3.8, 4) is 5.75 Å². The van der Waals surface area contributed by atoms with Gasteiger partial charge in [-0.1, -0.05) is 18.2 Å². The van der Waals surface area contributed by atoms with Crippen LogP contribution in [0.15, 0.2) is 30.3 Å². The second-order valence-corrected chi connectivity index (χ2v) is 2.98. The van der Waals surface area contributed by atoms with Crippen molar-refractivity contribution in [2.45, 2.75) is 6.36 Å². The highest BCUT2D eigenvalue weighted by Crippen LogP contribution is 2.35. The van der Waals surface area contributed by atoms with Gasteiger partial charge in [-0.05, 0) is 12.1 Å². The van der Waals surface area contributed by atoms with Gasteiger partial charge in [-0.15, -0.1) is 13.2 Å². The van der Waals surface area contributed by atoms with E-state index in [2.05, 4.69) is 9.05 Å². The van der Waals surface area contributed by atoms with Gasteiger partial charge in [-0.2, -0.15) is 0 Å². The SMILES string of the molecule is O=[P+](Oc1ccccc1)OC(F)(F)F. The van der Waals surface area contributed by atoms with Gasteiger partial charge in [0.05, 0.1) is 0 Å². The first-order valence-corrected chi connectivity index (χ1v) is 4.53. The first kappa shape index (κ1) is 10.9. The summed E-state index contributed by atoms with van der Waals surface area (Å²) in [5.74, 6) is 0.0536. The zero-order valence-electron chi connectivity index (χ0n) is 6.69. The fourth-order valence-electron chi connectivity index (χ4n) is 0.671. The van der Waals surface area contributed by atoms with Crippen molar-refractivity contribution >= 4 is 8.25 Å². The lowest BCUT2D eigenvalue weighted by Gasteiger charge is -1.95. The van der Waals surface area contributed by atoms with Crippen LogP contribution in [0.3, 0.4) is 0 Å². The van der Waals surface area contributed by atoms with Gasteiger partial charge in [0.25, 0.3) is 0 Å². The van der Waals surface area contributed by atoms with Crippen LogP contribution in [0.4, 0.5) is 13.2 Å². The van der Waals surface area contributed by atoms with Crippen LogP contribution < -0.4 is 4.52 Å². The number of benzene rings is 1. The molecule has 76 valence electrons. The highest BCUT2D eigenvalue weighted by molar-refractivity contribution is 7.33. The van der Waals surface area contributed by atoms with E-state index in [1.54, 1.807) is 6.07 Å². The lowest BCUT2D eigenvalue weighted by Crippen LogP contribution is -2.08. The van der Waals surface area contributed by atoms with Crippen molar-refractivity contribution in [2.24, 2.45) is 0 Å². The number of alkyl halides is 3. The number of hydrogen-bond acceptors (Lipinski definition) is 3. The van der Waals surface area contributed by atoms with Crippen molar-refractivity contribution < 1.29 is 26.8 Å². The molecule has 0 aliphatic heterocycles. The Morgan fingerprint density at radius 3 is 2.21 bits per heavy atom. The molecule has 1 rings (SSSR count). The Hall–Kier alpha value is -1.13. The van der Waals surface area contributed by atoms with E-state index >= 15 is 0 Å². The average Bonchev–Trinajstić information content (AvgIpc) is 2.02. The minimum atomic E-state index is -4.96. The molecule has 0 saturated heterocycles. The molecule has 1 unspecified atom stereocenters. The minimum absolute atomic E-state index is 0.0536. The molecule has 0 bridgehead atoms. The van der Waals surface area contributed by atoms with E-state index in [0.717, 1.165) is 0 Å². The molecule has 3 nitrogen and oxygen atoms in total. The van der Waals surface area contributed by atoms with Crippen LogP contribution in [-0.4, -0.2) is 6.36 Å². The van der Waals surface area contributed by atoms with Gasteiger partial charge >= 0.3 is 14.6 Å². The van der Waals surface area contributed by atoms with Crippen LogP contribution in [0.5, 0.6) is 5.75 Å². The van der Waals surface area contributed by atoms with Crippen LogP contribution in [0.1, 0.15) is 0 Å². The molecule has 0 saturated carbocycles. The normalized spacial score (nSPS) is 12.4. The van der Waals surface area contributed by atoms with Crippen LogP contribution in [0.2, 0.25) is 0 Å². The third kappa shape index (κ3) is 4.20. The standard InChI is InChI=1S/C7H5F3O3P/c8-7(9,10)13-14(11)12-6-4-2-1-3-5-6/h1-5H/q+1. The fourth-order valence-corrected chi connectivity index (χ4v) is 1.17. The topological polar surface area (TPSA) is 35.5 Å². The lowest BCUT2D eigenvalue weighted by atomic mass is 10.3. The van der Waals surface area contributed by atoms with Crippen molar-refractivity contribution in [2.75, 3.05) is 0 Å². The predicted octanol–water partition coefficient (Wildman–Crippen LogP) is 3.26. The largest absolute Gasteiger partial charge is 0.758 e. The average molecular weight is 225 g/mol. The van der Waals surface area contributed by atoms with Crippen LogP contribution in [0.25, 0.3) is 0 Å². The van der Waals surface area contributed by atoms with Gasteiger partial charge in [-0.3, -0.25) is 0 Å². The Labute approximate surface area is 78.4 Å². The quantitative estimate of drug-likeness (QED) is 0.740. The minimum Gasteiger partial charge on any atom is -0.229 e. The second-order valence-electron chi connectivity index (χ2n) is 2.16. The molecule has 1 aromatic carbocycles. The maximum absolute atomic E-state index is 11.5. The molecule has 0 fully saturated rings. The first-order chi connectivity index (χ1) is 6.47. The van der Waals surface area contributed by atoms with E-state index in [0.29, 0.717) is 0 Å². The molecule has 1 atom stereocenters. The van der Waals surface area contributed by atoms with Gasteiger partial charge in [0.1, 0.15) is 0 Å². The Morgan fingerprint density at radius 1 is 1.14 bits per heavy atom. The summed E-state index contributed by atoms with van der Waals surface area (Å²) in [7, 11) is -3.22. The monoisotopic (exact) mass is 225 g/mol. The zero-order valence-corrected chi connectivity index (χ0v) is 7.59. The van der Waals surface area contributed by atoms with E-state index in [4.69, 9.17) is 0 Å². The van der Waals surface area contributed by atoms with Crippen LogP contribution in [-0.2, 0) is 9.09 Å². The molecule has 0 N–H and O–H groups in total. The summed E-state index contributed by atoms with van der Waals surface area (Å²) in [6.07, 6.45) is -4.96. The van der Waals surface area contributed by atoms with Gasteiger partial charge in [0.15, 0.2) is 5.75 Å². The Morgan fingerprint density at radius 2 is 1.71 bits per heavy atom. The van der Waals surface area contributed by atoms with E-state index in [1.165, 1.54) is 24.3 Å². The summed E-state index contributed by atoms with van der Waals surface area (Å²) in [6.45, 7) is 0.